The minimum Gasteiger partial charge on any atom is -1.00 e. The molecule has 0 radical (unpaired) electrons. The normalized spacial score (nSPS) is 0. The van der Waals surface area contributed by atoms with E-state index < -0.39 is 0 Å². The van der Waals surface area contributed by atoms with Crippen molar-refractivity contribution in [1.29, 1.82) is 0 Å². The fourth-order valence-corrected chi connectivity index (χ4v) is 0. The van der Waals surface area contributed by atoms with Gasteiger partial charge in [0.25, 0.3) is 0 Å². The van der Waals surface area contributed by atoms with Crippen molar-refractivity contribution in [1.82, 2.24) is 0 Å². The van der Waals surface area contributed by atoms with Crippen LogP contribution in [0.4, 0.5) is 4.70 Å². The molecular weight excluding hydrogens is 237 g/mol. The Morgan fingerprint density at radius 1 is 1.25 bits per heavy atom. The average Bonchev–Trinajstić information content (AvgIpc) is 0. The quantitative estimate of drug-likeness (QED) is 0.381. The van der Waals surface area contributed by atoms with Crippen LogP contribution in [0.1, 0.15) is 1.43 Å². The van der Waals surface area contributed by atoms with E-state index in [4.69, 9.17) is 0 Å². The van der Waals surface area contributed by atoms with Gasteiger partial charge in [0.2, 0.25) is 0 Å². The minimum atomic E-state index is 0. The van der Waals surface area contributed by atoms with E-state index >= 15 is 0 Å². The molecule has 0 aliphatic heterocycles. The van der Waals surface area contributed by atoms with Crippen molar-refractivity contribution in [3.8, 4) is 0 Å². The van der Waals surface area contributed by atoms with E-state index in [9.17, 15) is 0 Å². The van der Waals surface area contributed by atoms with E-state index in [1.807, 2.05) is 0 Å². The van der Waals surface area contributed by atoms with Gasteiger partial charge in [-0.2, -0.15) is 0 Å². The molecule has 0 nitrogen and oxygen atoms in total. The van der Waals surface area contributed by atoms with Crippen molar-refractivity contribution < 1.29 is 46.1 Å². The molecule has 0 N–H and O–H groups in total. The van der Waals surface area contributed by atoms with Crippen LogP contribution in [0.5, 0.6) is 0 Å². The molecule has 0 saturated carbocycles. The van der Waals surface area contributed by atoms with Gasteiger partial charge in [0.05, 0.1) is 0 Å². The SMILES string of the molecule is F.[AlH3].[H-].[Li+].[W]. The van der Waals surface area contributed by atoms with Crippen LogP contribution >= 0.6 is 0 Å². The first-order chi connectivity index (χ1) is 0. The molecule has 22 valence electrons. The molecule has 0 spiro atoms. The number of hydrogen-bond acceptors (Lipinski definition) is 0. The van der Waals surface area contributed by atoms with Gasteiger partial charge in [-0.05, 0) is 0 Å². The van der Waals surface area contributed by atoms with Crippen molar-refractivity contribution >= 4 is 17.4 Å². The molecule has 0 heterocycles. The number of rotatable bonds is 0. The fourth-order valence-electron chi connectivity index (χ4n) is 0. The van der Waals surface area contributed by atoms with Crippen molar-refractivity contribution in [3.05, 3.63) is 0 Å². The van der Waals surface area contributed by atoms with Gasteiger partial charge in [0.1, 0.15) is 0 Å². The molecule has 0 rings (SSSR count). The topological polar surface area (TPSA) is 0 Å². The zero-order valence-corrected chi connectivity index (χ0v) is 4.75. The smallest absolute Gasteiger partial charge is 1.00 e. The maximum atomic E-state index is 0. The molecule has 0 aliphatic carbocycles. The fraction of sp³-hybridized carbons (Fsp3) is 0. The molecule has 0 aromatic rings. The summed E-state index contributed by atoms with van der Waals surface area (Å²) < 4.78 is 0. The summed E-state index contributed by atoms with van der Waals surface area (Å²) in [7, 11) is 0. The monoisotopic (exact) mass is 242 g/mol. The van der Waals surface area contributed by atoms with E-state index in [1.165, 1.54) is 0 Å². The summed E-state index contributed by atoms with van der Waals surface area (Å²) in [6, 6.07) is 0. The molecule has 4 heteroatoms. The Kier molecular flexibility index (Phi) is 231. The Balaban J connectivity index is 0. The van der Waals surface area contributed by atoms with Crippen molar-refractivity contribution in [2.24, 2.45) is 0 Å². The second-order valence-electron chi connectivity index (χ2n) is 0. The molecule has 0 aromatic heterocycles. The summed E-state index contributed by atoms with van der Waals surface area (Å²) in [6.07, 6.45) is 0. The van der Waals surface area contributed by atoms with E-state index in [1.54, 1.807) is 0 Å². The number of halogens is 1. The van der Waals surface area contributed by atoms with E-state index in [0.29, 0.717) is 0 Å². The van der Waals surface area contributed by atoms with Crippen LogP contribution in [0.3, 0.4) is 0 Å². The van der Waals surface area contributed by atoms with E-state index in [-0.39, 0.29) is 63.4 Å². The summed E-state index contributed by atoms with van der Waals surface area (Å²) in [5, 5.41) is 0. The Morgan fingerprint density at radius 2 is 1.25 bits per heavy atom. The molecule has 0 atom stereocenters. The van der Waals surface area contributed by atoms with Crippen LogP contribution in [0.25, 0.3) is 0 Å². The van der Waals surface area contributed by atoms with Crippen LogP contribution in [0.2, 0.25) is 0 Å². The van der Waals surface area contributed by atoms with Crippen molar-refractivity contribution in [2.45, 2.75) is 0 Å². The Labute approximate surface area is 63.1 Å². The molecule has 0 unspecified atom stereocenters. The van der Waals surface area contributed by atoms with Gasteiger partial charge in [0.15, 0.2) is 17.4 Å². The second-order valence-corrected chi connectivity index (χ2v) is 0. The molecule has 0 aromatic carbocycles. The minimum absolute atomic E-state index is 0. The standard InChI is InChI=1S/Al.FH.Li.W.4H/h;1H;;;;;;/q;;+1;;;;;-1. The first-order valence-electron chi connectivity index (χ1n) is 0. The predicted molar refractivity (Wildman–Crippen MR) is 13.6 cm³/mol. The van der Waals surface area contributed by atoms with Crippen molar-refractivity contribution in [3.63, 3.8) is 0 Å². The van der Waals surface area contributed by atoms with Crippen LogP contribution < -0.4 is 18.9 Å². The molecule has 0 saturated heterocycles. The summed E-state index contributed by atoms with van der Waals surface area (Å²) in [4.78, 5) is 0. The Morgan fingerprint density at radius 3 is 1.25 bits per heavy atom. The average molecular weight is 242 g/mol. The van der Waals surface area contributed by atoms with Gasteiger partial charge >= 0.3 is 18.9 Å². The Bertz CT molecular complexity index is 11.6. The number of hydrogen-bond donors (Lipinski definition) is 0. The van der Waals surface area contributed by atoms with Gasteiger partial charge in [-0.1, -0.05) is 0 Å². The maximum absolute atomic E-state index is 0. The molecule has 0 bridgehead atoms. The Hall–Kier alpha value is 1.75. The van der Waals surface area contributed by atoms with Crippen LogP contribution in [0.15, 0.2) is 0 Å². The summed E-state index contributed by atoms with van der Waals surface area (Å²) in [5.41, 5.74) is 0. The summed E-state index contributed by atoms with van der Waals surface area (Å²) in [5.74, 6) is 0. The molecule has 0 aliphatic rings. The van der Waals surface area contributed by atoms with E-state index in [2.05, 4.69) is 0 Å². The van der Waals surface area contributed by atoms with Gasteiger partial charge in [-0.3, -0.25) is 4.70 Å². The molecule has 4 heavy (non-hydrogen) atoms. The van der Waals surface area contributed by atoms with Crippen LogP contribution in [0, 0.1) is 0 Å². The zero-order valence-electron chi connectivity index (χ0n) is 2.82. The van der Waals surface area contributed by atoms with Crippen molar-refractivity contribution in [2.75, 3.05) is 0 Å². The third-order valence-electron chi connectivity index (χ3n) is 0. The molecular formula is H5AlFLiW. The van der Waals surface area contributed by atoms with Crippen LogP contribution in [-0.4, -0.2) is 17.4 Å². The largest absolute Gasteiger partial charge is 1.00 e. The first-order valence-corrected chi connectivity index (χ1v) is 0. The van der Waals surface area contributed by atoms with Gasteiger partial charge in [-0.15, -0.1) is 0 Å². The van der Waals surface area contributed by atoms with Gasteiger partial charge in [0, 0.05) is 21.1 Å². The third kappa shape index (κ3) is 9.26. The molecule has 0 fully saturated rings. The van der Waals surface area contributed by atoms with Crippen LogP contribution in [-0.2, 0) is 21.1 Å². The van der Waals surface area contributed by atoms with Gasteiger partial charge < -0.3 is 1.43 Å². The maximum Gasteiger partial charge on any atom is 1.00 e. The zero-order chi connectivity index (χ0) is 0. The molecule has 0 amide bonds. The predicted octanol–water partition coefficient (Wildman–Crippen LogP) is -3.92. The van der Waals surface area contributed by atoms with E-state index in [0.717, 1.165) is 0 Å². The van der Waals surface area contributed by atoms with Gasteiger partial charge in [-0.25, -0.2) is 0 Å². The first kappa shape index (κ1) is 42.4. The third-order valence-corrected chi connectivity index (χ3v) is 0. The summed E-state index contributed by atoms with van der Waals surface area (Å²) >= 11 is 0. The summed E-state index contributed by atoms with van der Waals surface area (Å²) in [6.45, 7) is 0. The second kappa shape index (κ2) is 21.8.